The Hall–Kier alpha value is -2.21. The first kappa shape index (κ1) is 15.8. The summed E-state index contributed by atoms with van der Waals surface area (Å²) in [4.78, 5) is 10.5. The molecule has 6 nitrogen and oxygen atoms in total. The van der Waals surface area contributed by atoms with E-state index in [1.54, 1.807) is 6.08 Å². The van der Waals surface area contributed by atoms with Crippen molar-refractivity contribution in [2.45, 2.75) is 0 Å². The molecule has 108 valence electrons. The summed E-state index contributed by atoms with van der Waals surface area (Å²) in [5, 5.41) is 11.0. The Kier molecular flexibility index (Phi) is 5.86. The summed E-state index contributed by atoms with van der Waals surface area (Å²) < 4.78 is 15.2. The number of benzene rings is 1. The smallest absolute Gasteiger partial charge is 0.299 e. The Balaban J connectivity index is 3.33. The molecule has 1 rings (SSSR count). The molecule has 0 aromatic heterocycles. The van der Waals surface area contributed by atoms with E-state index in [0.29, 0.717) is 12.4 Å². The van der Waals surface area contributed by atoms with Gasteiger partial charge < -0.3 is 14.2 Å². The minimum atomic E-state index is -0.586. The Labute approximate surface area is 121 Å². The fraction of sp³-hybridized carbons (Fsp3) is 0.231. The van der Waals surface area contributed by atoms with Gasteiger partial charge in [0.15, 0.2) is 16.5 Å². The third-order valence-electron chi connectivity index (χ3n) is 2.36. The van der Waals surface area contributed by atoms with E-state index in [-0.39, 0.29) is 22.0 Å². The number of hydrogen-bond donors (Lipinski definition) is 0. The van der Waals surface area contributed by atoms with Crippen LogP contribution in [0.15, 0.2) is 25.0 Å². The summed E-state index contributed by atoms with van der Waals surface area (Å²) in [6, 6.07) is 1.45. The predicted octanol–water partition coefficient (Wildman–Crippen LogP) is 3.44. The molecule has 1 aromatic carbocycles. The molecule has 1 aromatic rings. The van der Waals surface area contributed by atoms with Crippen LogP contribution in [0.25, 0.3) is 6.08 Å². The molecule has 0 saturated heterocycles. The lowest BCUT2D eigenvalue weighted by Crippen LogP contribution is -1.98. The van der Waals surface area contributed by atoms with Gasteiger partial charge in [0.05, 0.1) is 31.0 Å². The Morgan fingerprint density at radius 1 is 1.45 bits per heavy atom. The van der Waals surface area contributed by atoms with Crippen LogP contribution >= 0.6 is 11.6 Å². The molecular formula is C13H14ClNO5. The molecule has 0 N–H and O–H groups in total. The maximum Gasteiger partial charge on any atom is 0.299 e. The van der Waals surface area contributed by atoms with Crippen LogP contribution in [0.3, 0.4) is 0 Å². The lowest BCUT2D eigenvalue weighted by molar-refractivity contribution is -0.385. The van der Waals surface area contributed by atoms with Crippen molar-refractivity contribution in [1.29, 1.82) is 0 Å². The number of nitro benzene ring substituents is 1. The summed E-state index contributed by atoms with van der Waals surface area (Å²) in [6.07, 6.45) is 4.31. The van der Waals surface area contributed by atoms with Crippen molar-refractivity contribution in [2.24, 2.45) is 0 Å². The lowest BCUT2D eigenvalue weighted by Gasteiger charge is -2.11. The molecule has 0 aliphatic rings. The topological polar surface area (TPSA) is 70.8 Å². The second-order valence-electron chi connectivity index (χ2n) is 3.55. The van der Waals surface area contributed by atoms with Crippen molar-refractivity contribution >= 4 is 23.4 Å². The zero-order chi connectivity index (χ0) is 15.1. The number of nitrogens with zero attached hydrogens (tertiary/aromatic N) is 1. The highest BCUT2D eigenvalue weighted by Crippen LogP contribution is 2.44. The van der Waals surface area contributed by atoms with E-state index in [1.165, 1.54) is 32.6 Å². The molecule has 0 spiro atoms. The Morgan fingerprint density at radius 2 is 2.15 bits per heavy atom. The van der Waals surface area contributed by atoms with Gasteiger partial charge in [0, 0.05) is 0 Å². The summed E-state index contributed by atoms with van der Waals surface area (Å²) in [6.45, 7) is 3.79. The van der Waals surface area contributed by atoms with E-state index in [4.69, 9.17) is 25.8 Å². The third kappa shape index (κ3) is 3.42. The molecule has 20 heavy (non-hydrogen) atoms. The van der Waals surface area contributed by atoms with Crippen molar-refractivity contribution < 1.29 is 19.1 Å². The minimum Gasteiger partial charge on any atom is -0.497 e. The first-order valence-corrected chi connectivity index (χ1v) is 5.92. The number of nitro groups is 1. The van der Waals surface area contributed by atoms with Crippen molar-refractivity contribution in [3.63, 3.8) is 0 Å². The predicted molar refractivity (Wildman–Crippen MR) is 76.4 cm³/mol. The van der Waals surface area contributed by atoms with Gasteiger partial charge in [-0.05, 0) is 12.1 Å². The van der Waals surface area contributed by atoms with Crippen LogP contribution in [0.1, 0.15) is 5.56 Å². The van der Waals surface area contributed by atoms with Crippen LogP contribution in [-0.2, 0) is 4.74 Å². The van der Waals surface area contributed by atoms with Crippen LogP contribution in [0.4, 0.5) is 5.69 Å². The average molecular weight is 300 g/mol. The van der Waals surface area contributed by atoms with Gasteiger partial charge in [-0.15, -0.1) is 0 Å². The molecule has 0 saturated carbocycles. The highest BCUT2D eigenvalue weighted by molar-refractivity contribution is 6.34. The van der Waals surface area contributed by atoms with Gasteiger partial charge in [-0.25, -0.2) is 0 Å². The number of rotatable bonds is 7. The van der Waals surface area contributed by atoms with Gasteiger partial charge in [0.2, 0.25) is 0 Å². The molecule has 0 unspecified atom stereocenters. The zero-order valence-electron chi connectivity index (χ0n) is 11.1. The third-order valence-corrected chi connectivity index (χ3v) is 2.71. The van der Waals surface area contributed by atoms with E-state index in [1.807, 2.05) is 0 Å². The molecule has 0 aliphatic carbocycles. The van der Waals surface area contributed by atoms with E-state index in [2.05, 4.69) is 6.58 Å². The number of ether oxygens (including phenoxy) is 3. The van der Waals surface area contributed by atoms with E-state index in [9.17, 15) is 10.1 Å². The van der Waals surface area contributed by atoms with Crippen LogP contribution in [-0.4, -0.2) is 25.7 Å². The second kappa shape index (κ2) is 7.40. The summed E-state index contributed by atoms with van der Waals surface area (Å²) in [7, 11) is 2.78. The SMILES string of the molecule is C=CCO/C=C\c1cc(OC)c(OC)c(Cl)c1[N+](=O)[O-]. The van der Waals surface area contributed by atoms with E-state index < -0.39 is 4.92 Å². The van der Waals surface area contributed by atoms with Crippen molar-refractivity contribution in [2.75, 3.05) is 20.8 Å². The number of halogens is 1. The average Bonchev–Trinajstić information content (AvgIpc) is 2.42. The van der Waals surface area contributed by atoms with Crippen molar-refractivity contribution in [3.05, 3.63) is 45.7 Å². The number of methoxy groups -OCH3 is 2. The molecule has 0 heterocycles. The quantitative estimate of drug-likeness (QED) is 0.253. The van der Waals surface area contributed by atoms with Crippen LogP contribution < -0.4 is 9.47 Å². The van der Waals surface area contributed by atoms with Gasteiger partial charge in [0.1, 0.15) is 6.61 Å². The first-order valence-electron chi connectivity index (χ1n) is 5.54. The molecule has 7 heteroatoms. The molecule has 0 amide bonds. The number of hydrogen-bond acceptors (Lipinski definition) is 5. The zero-order valence-corrected chi connectivity index (χ0v) is 11.8. The molecule has 0 radical (unpaired) electrons. The fourth-order valence-electron chi connectivity index (χ4n) is 1.52. The second-order valence-corrected chi connectivity index (χ2v) is 3.92. The maximum atomic E-state index is 11.1. The van der Waals surface area contributed by atoms with Crippen LogP contribution in [0.2, 0.25) is 5.02 Å². The summed E-state index contributed by atoms with van der Waals surface area (Å²) >= 11 is 6.00. The monoisotopic (exact) mass is 299 g/mol. The molecule has 0 fully saturated rings. The van der Waals surface area contributed by atoms with Crippen molar-refractivity contribution in [1.82, 2.24) is 0 Å². The van der Waals surface area contributed by atoms with Gasteiger partial charge in [0.25, 0.3) is 5.69 Å². The minimum absolute atomic E-state index is 0.116. The highest BCUT2D eigenvalue weighted by Gasteiger charge is 2.25. The Morgan fingerprint density at radius 3 is 2.65 bits per heavy atom. The Bertz CT molecular complexity index is 542. The summed E-state index contributed by atoms with van der Waals surface area (Å²) in [5.74, 6) is 0.413. The van der Waals surface area contributed by atoms with Crippen LogP contribution in [0.5, 0.6) is 11.5 Å². The van der Waals surface area contributed by atoms with Gasteiger partial charge in [-0.1, -0.05) is 24.3 Å². The normalized spacial score (nSPS) is 10.3. The molecule has 0 aliphatic heterocycles. The first-order chi connectivity index (χ1) is 9.56. The van der Waals surface area contributed by atoms with Gasteiger partial charge in [-0.2, -0.15) is 0 Å². The van der Waals surface area contributed by atoms with E-state index in [0.717, 1.165) is 0 Å². The molecule has 0 bridgehead atoms. The highest BCUT2D eigenvalue weighted by atomic mass is 35.5. The maximum absolute atomic E-state index is 11.1. The molecular weight excluding hydrogens is 286 g/mol. The van der Waals surface area contributed by atoms with Crippen molar-refractivity contribution in [3.8, 4) is 11.5 Å². The fourth-order valence-corrected chi connectivity index (χ4v) is 1.87. The summed E-state index contributed by atoms with van der Waals surface area (Å²) in [5.41, 5.74) is -0.0236. The largest absolute Gasteiger partial charge is 0.497 e. The van der Waals surface area contributed by atoms with E-state index >= 15 is 0 Å². The standard InChI is InChI=1S/C13H14ClNO5/c1-4-6-20-7-5-9-8-10(18-2)13(19-3)11(14)12(9)15(16)17/h4-5,7-8H,1,6H2,2-3H3/b7-5-. The molecule has 0 atom stereocenters. The lowest BCUT2D eigenvalue weighted by atomic mass is 10.1. The van der Waals surface area contributed by atoms with Gasteiger partial charge in [-0.3, -0.25) is 10.1 Å². The van der Waals surface area contributed by atoms with Gasteiger partial charge >= 0.3 is 0 Å². The van der Waals surface area contributed by atoms with Crippen LogP contribution in [0, 0.1) is 10.1 Å².